The van der Waals surface area contributed by atoms with Gasteiger partial charge in [-0.25, -0.2) is 17.6 Å². The molecule has 11 heteroatoms. The highest BCUT2D eigenvalue weighted by Crippen LogP contribution is 2.38. The number of methoxy groups -OCH3 is 1. The summed E-state index contributed by atoms with van der Waals surface area (Å²) < 4.78 is 101. The van der Waals surface area contributed by atoms with E-state index in [4.69, 9.17) is 4.74 Å². The van der Waals surface area contributed by atoms with Crippen LogP contribution >= 0.6 is 0 Å². The minimum absolute atomic E-state index is 0.0505. The van der Waals surface area contributed by atoms with Crippen LogP contribution in [0.3, 0.4) is 0 Å². The van der Waals surface area contributed by atoms with Gasteiger partial charge in [-0.05, 0) is 48.8 Å². The molecule has 0 saturated heterocycles. The van der Waals surface area contributed by atoms with Crippen molar-refractivity contribution in [3.63, 3.8) is 0 Å². The summed E-state index contributed by atoms with van der Waals surface area (Å²) in [6, 6.07) is 5.95. The van der Waals surface area contributed by atoms with Gasteiger partial charge in [-0.3, -0.25) is 9.98 Å². The van der Waals surface area contributed by atoms with Crippen LogP contribution in [0.5, 0.6) is 0 Å². The molecule has 2 rings (SSSR count). The van der Waals surface area contributed by atoms with E-state index < -0.39 is 34.9 Å². The Bertz CT molecular complexity index is 1410. The van der Waals surface area contributed by atoms with Crippen molar-refractivity contribution in [3.05, 3.63) is 113 Å². The number of allylic oxidation sites excluding steroid dienone is 5. The summed E-state index contributed by atoms with van der Waals surface area (Å²) in [6.45, 7) is 9.77. The summed E-state index contributed by atoms with van der Waals surface area (Å²) >= 11 is 0. The number of rotatable bonds is 12. The van der Waals surface area contributed by atoms with Gasteiger partial charge >= 0.3 is 6.18 Å². The molecule has 42 heavy (non-hydrogen) atoms. The third kappa shape index (κ3) is 9.74. The van der Waals surface area contributed by atoms with Gasteiger partial charge in [-0.15, -0.1) is 0 Å². The van der Waals surface area contributed by atoms with E-state index in [9.17, 15) is 30.7 Å². The number of alkyl halides is 5. The van der Waals surface area contributed by atoms with E-state index in [-0.39, 0.29) is 29.7 Å². The first-order chi connectivity index (χ1) is 19.6. The molecule has 226 valence electrons. The van der Waals surface area contributed by atoms with Crippen LogP contribution in [-0.4, -0.2) is 26.2 Å². The highest BCUT2D eigenvalue weighted by molar-refractivity contribution is 5.88. The van der Waals surface area contributed by atoms with Gasteiger partial charge in [0, 0.05) is 49.0 Å². The Morgan fingerprint density at radius 3 is 2.36 bits per heavy atom. The third-order valence-corrected chi connectivity index (χ3v) is 5.97. The second-order valence-electron chi connectivity index (χ2n) is 9.30. The average molecular weight is 596 g/mol. The Kier molecular flexibility index (Phi) is 11.9. The van der Waals surface area contributed by atoms with Gasteiger partial charge in [0.1, 0.15) is 0 Å². The molecule has 0 heterocycles. The largest absolute Gasteiger partial charge is 0.501 e. The monoisotopic (exact) mass is 595 g/mol. The Balaban J connectivity index is 2.25. The summed E-state index contributed by atoms with van der Waals surface area (Å²) in [5.74, 6) is -4.77. The normalized spacial score (nSPS) is 13.5. The second kappa shape index (κ2) is 14.7. The number of nitrogens with one attached hydrogen (secondary N) is 1. The molecule has 0 bridgehead atoms. The third-order valence-electron chi connectivity index (χ3n) is 5.97. The number of halogens is 7. The van der Waals surface area contributed by atoms with Crippen LogP contribution in [0.4, 0.5) is 30.7 Å². The number of ether oxygens (including phenoxy) is 1. The Labute approximate surface area is 240 Å². The summed E-state index contributed by atoms with van der Waals surface area (Å²) in [6.07, 6.45) is 0.482. The van der Waals surface area contributed by atoms with Crippen LogP contribution < -0.4 is 5.32 Å². The van der Waals surface area contributed by atoms with Crippen molar-refractivity contribution in [2.24, 2.45) is 9.98 Å². The average Bonchev–Trinajstić information content (AvgIpc) is 2.91. The first kappa shape index (κ1) is 34.1. The Morgan fingerprint density at radius 1 is 1.07 bits per heavy atom. The highest BCUT2D eigenvalue weighted by Gasteiger charge is 2.35. The van der Waals surface area contributed by atoms with E-state index in [0.717, 1.165) is 18.2 Å². The Hall–Kier alpha value is -4.15. The van der Waals surface area contributed by atoms with Crippen LogP contribution in [0.25, 0.3) is 5.57 Å². The molecule has 0 fully saturated rings. The quantitative estimate of drug-likeness (QED) is 0.0877. The fourth-order valence-corrected chi connectivity index (χ4v) is 3.82. The molecular weight excluding hydrogens is 563 g/mol. The molecule has 0 unspecified atom stereocenters. The van der Waals surface area contributed by atoms with Gasteiger partial charge in [0.05, 0.1) is 30.8 Å². The van der Waals surface area contributed by atoms with Gasteiger partial charge < -0.3 is 10.1 Å². The first-order valence-corrected chi connectivity index (χ1v) is 12.6. The zero-order valence-corrected chi connectivity index (χ0v) is 23.7. The number of benzene rings is 2. The SMILES string of the molecule is C=C(C=NC)/C(=C\CC/C(=C/C(=C)c1ccc(C(F)(F)F)cc1C(C)(F)F)OC)NC(C)=NCc1cccc(F)c1F. The van der Waals surface area contributed by atoms with Gasteiger partial charge in [0.15, 0.2) is 11.6 Å². The Morgan fingerprint density at radius 2 is 1.76 bits per heavy atom. The lowest BCUT2D eigenvalue weighted by Gasteiger charge is -2.19. The highest BCUT2D eigenvalue weighted by atomic mass is 19.4. The van der Waals surface area contributed by atoms with Crippen molar-refractivity contribution in [1.29, 1.82) is 0 Å². The molecule has 4 nitrogen and oxygen atoms in total. The number of nitrogens with zero attached hydrogens (tertiary/aromatic N) is 2. The van der Waals surface area contributed by atoms with Crippen LogP contribution in [0, 0.1) is 11.6 Å². The number of hydrogen-bond acceptors (Lipinski definition) is 3. The first-order valence-electron chi connectivity index (χ1n) is 12.6. The van der Waals surface area contributed by atoms with Crippen molar-refractivity contribution >= 4 is 17.6 Å². The maximum Gasteiger partial charge on any atom is 0.416 e. The zero-order chi connectivity index (χ0) is 31.7. The van der Waals surface area contributed by atoms with E-state index >= 15 is 0 Å². The predicted molar refractivity (Wildman–Crippen MR) is 152 cm³/mol. The molecule has 0 aliphatic carbocycles. The predicted octanol–water partition coefficient (Wildman–Crippen LogP) is 8.77. The molecule has 0 aromatic heterocycles. The topological polar surface area (TPSA) is 46.0 Å². The van der Waals surface area contributed by atoms with Crippen LogP contribution in [-0.2, 0) is 23.4 Å². The van der Waals surface area contributed by atoms with Crippen molar-refractivity contribution in [2.75, 3.05) is 14.2 Å². The van der Waals surface area contributed by atoms with E-state index in [0.29, 0.717) is 42.3 Å². The van der Waals surface area contributed by atoms with E-state index in [2.05, 4.69) is 28.5 Å². The minimum Gasteiger partial charge on any atom is -0.501 e. The van der Waals surface area contributed by atoms with Crippen molar-refractivity contribution < 1.29 is 35.5 Å². The fourth-order valence-electron chi connectivity index (χ4n) is 3.82. The lowest BCUT2D eigenvalue weighted by Crippen LogP contribution is -2.21. The summed E-state index contributed by atoms with van der Waals surface area (Å²) in [7, 11) is 2.93. The lowest BCUT2D eigenvalue weighted by molar-refractivity contribution is -0.137. The zero-order valence-electron chi connectivity index (χ0n) is 23.7. The lowest BCUT2D eigenvalue weighted by atomic mass is 9.94. The number of amidine groups is 1. The number of aliphatic imine (C=N–C) groups is 2. The molecule has 2 aromatic carbocycles. The van der Waals surface area contributed by atoms with E-state index in [1.807, 2.05) is 0 Å². The van der Waals surface area contributed by atoms with Crippen molar-refractivity contribution in [2.45, 2.75) is 45.3 Å². The second-order valence-corrected chi connectivity index (χ2v) is 9.30. The standard InChI is InChI=1S/C31H32F7N3O/c1-19(25-14-13-23(31(36,37)38)16-26(25)30(4,34)35)15-24(42-6)10-8-12-28(20(2)17-39-5)41-21(3)40-18-22-9-7-11-27(32)29(22)33/h7,9,11-17H,1-2,8,10,18H2,3-6H3,(H,40,41)/b24-15-,28-12+,39-17?. The van der Waals surface area contributed by atoms with Gasteiger partial charge in [-0.2, -0.15) is 13.2 Å². The molecule has 0 amide bonds. The molecule has 2 aromatic rings. The van der Waals surface area contributed by atoms with Crippen LogP contribution in [0.15, 0.2) is 88.7 Å². The van der Waals surface area contributed by atoms with Crippen LogP contribution in [0.1, 0.15) is 48.9 Å². The summed E-state index contributed by atoms with van der Waals surface area (Å²) in [5.41, 5.74) is -0.979. The molecule has 0 spiro atoms. The fraction of sp³-hybridized carbons (Fsp3) is 0.290. The molecule has 1 N–H and O–H groups in total. The van der Waals surface area contributed by atoms with Crippen molar-refractivity contribution in [3.8, 4) is 0 Å². The molecular formula is C31H32F7N3O. The molecule has 0 radical (unpaired) electrons. The summed E-state index contributed by atoms with van der Waals surface area (Å²) in [5, 5.41) is 3.06. The molecule has 0 aliphatic rings. The maximum atomic E-state index is 14.2. The van der Waals surface area contributed by atoms with Crippen LogP contribution in [0.2, 0.25) is 0 Å². The number of hydrogen-bond donors (Lipinski definition) is 1. The molecule has 0 aliphatic heterocycles. The van der Waals surface area contributed by atoms with Gasteiger partial charge in [0.2, 0.25) is 0 Å². The van der Waals surface area contributed by atoms with E-state index in [1.165, 1.54) is 31.5 Å². The van der Waals surface area contributed by atoms with Gasteiger partial charge in [0.25, 0.3) is 5.92 Å². The van der Waals surface area contributed by atoms with Gasteiger partial charge in [-0.1, -0.05) is 37.4 Å². The van der Waals surface area contributed by atoms with Crippen molar-refractivity contribution in [1.82, 2.24) is 5.32 Å². The molecule has 0 atom stereocenters. The summed E-state index contributed by atoms with van der Waals surface area (Å²) in [4.78, 5) is 8.20. The van der Waals surface area contributed by atoms with E-state index in [1.54, 1.807) is 20.0 Å². The minimum atomic E-state index is -4.78. The molecule has 0 saturated carbocycles. The maximum absolute atomic E-state index is 14.2. The smallest absolute Gasteiger partial charge is 0.416 e.